The van der Waals surface area contributed by atoms with Gasteiger partial charge in [0.15, 0.2) is 0 Å². The Kier molecular flexibility index (Phi) is 3.74. The van der Waals surface area contributed by atoms with Crippen molar-refractivity contribution >= 4 is 5.97 Å². The molecule has 2 fully saturated rings. The molecule has 0 radical (unpaired) electrons. The Morgan fingerprint density at radius 2 is 2.15 bits per heavy atom. The van der Waals surface area contributed by atoms with E-state index in [-0.39, 0.29) is 5.97 Å². The lowest BCUT2D eigenvalue weighted by atomic mass is 9.97. The van der Waals surface area contributed by atoms with E-state index in [0.717, 1.165) is 25.2 Å². The number of aryl methyl sites for hydroxylation is 1. The highest BCUT2D eigenvalue weighted by molar-refractivity contribution is 5.85. The second-order valence-electron chi connectivity index (χ2n) is 5.67. The van der Waals surface area contributed by atoms with Gasteiger partial charge in [0.05, 0.1) is 6.61 Å². The Bertz CT molecular complexity index is 499. The van der Waals surface area contributed by atoms with Gasteiger partial charge in [0.25, 0.3) is 0 Å². The van der Waals surface area contributed by atoms with Gasteiger partial charge in [-0.25, -0.2) is 4.79 Å². The zero-order valence-electron chi connectivity index (χ0n) is 12.2. The molecule has 3 heterocycles. The van der Waals surface area contributed by atoms with E-state index in [9.17, 15) is 4.79 Å². The molecule has 1 aromatic heterocycles. The summed E-state index contributed by atoms with van der Waals surface area (Å²) in [4.78, 5) is 14.6. The molecule has 110 valence electrons. The number of fused-ring (bicyclic) bond motifs is 1. The van der Waals surface area contributed by atoms with Crippen LogP contribution in [0.4, 0.5) is 0 Å². The van der Waals surface area contributed by atoms with Crippen molar-refractivity contribution in [3.63, 3.8) is 0 Å². The van der Waals surface area contributed by atoms with E-state index in [1.54, 1.807) is 0 Å². The van der Waals surface area contributed by atoms with Crippen LogP contribution in [0.5, 0.6) is 0 Å². The lowest BCUT2D eigenvalue weighted by Gasteiger charge is -2.35. The molecule has 0 bridgehead atoms. The van der Waals surface area contributed by atoms with Crippen LogP contribution in [-0.2, 0) is 4.74 Å². The number of carbonyl (C=O) groups excluding carboxylic acids is 1. The maximum atomic E-state index is 12.0. The zero-order chi connectivity index (χ0) is 14.1. The number of esters is 1. The fraction of sp³-hybridized carbons (Fsp3) is 0.786. The third-order valence-corrected chi connectivity index (χ3v) is 4.48. The molecule has 0 saturated carbocycles. The third kappa shape index (κ3) is 2.32. The molecular weight excluding hydrogens is 256 g/mol. The molecular formula is C14H22N4O2. The summed E-state index contributed by atoms with van der Waals surface area (Å²) in [5.74, 6) is 0.812. The van der Waals surface area contributed by atoms with E-state index in [0.29, 0.717) is 24.5 Å². The van der Waals surface area contributed by atoms with Crippen molar-refractivity contribution in [2.45, 2.75) is 51.6 Å². The van der Waals surface area contributed by atoms with Gasteiger partial charge in [-0.1, -0.05) is 0 Å². The number of hydrogen-bond donors (Lipinski definition) is 0. The molecule has 0 amide bonds. The first-order chi connectivity index (χ1) is 9.70. The summed E-state index contributed by atoms with van der Waals surface area (Å²) in [5, 5.41) is 8.10. The number of nitrogens with zero attached hydrogens (tertiary/aromatic N) is 4. The Morgan fingerprint density at radius 1 is 1.30 bits per heavy atom. The SMILES string of the molecule is CCOC(=O)c1nnc(C)n1C1CCN2CCCC2C1. The quantitative estimate of drug-likeness (QED) is 0.785. The van der Waals surface area contributed by atoms with Crippen LogP contribution in [0.25, 0.3) is 0 Å². The van der Waals surface area contributed by atoms with Crippen LogP contribution in [0.2, 0.25) is 0 Å². The molecule has 2 unspecified atom stereocenters. The molecule has 2 saturated heterocycles. The molecule has 0 N–H and O–H groups in total. The number of aromatic nitrogens is 3. The molecule has 3 rings (SSSR count). The van der Waals surface area contributed by atoms with Gasteiger partial charge in [-0.05, 0) is 46.1 Å². The minimum Gasteiger partial charge on any atom is -0.460 e. The van der Waals surface area contributed by atoms with Crippen molar-refractivity contribution in [1.82, 2.24) is 19.7 Å². The summed E-state index contributed by atoms with van der Waals surface area (Å²) >= 11 is 0. The van der Waals surface area contributed by atoms with Crippen molar-refractivity contribution in [2.24, 2.45) is 0 Å². The van der Waals surface area contributed by atoms with E-state index >= 15 is 0 Å². The maximum absolute atomic E-state index is 12.0. The van der Waals surface area contributed by atoms with Crippen LogP contribution < -0.4 is 0 Å². The van der Waals surface area contributed by atoms with Gasteiger partial charge in [-0.15, -0.1) is 10.2 Å². The van der Waals surface area contributed by atoms with Gasteiger partial charge in [-0.2, -0.15) is 0 Å². The number of rotatable bonds is 3. The Balaban J connectivity index is 1.82. The van der Waals surface area contributed by atoms with Crippen molar-refractivity contribution in [1.29, 1.82) is 0 Å². The molecule has 20 heavy (non-hydrogen) atoms. The summed E-state index contributed by atoms with van der Waals surface area (Å²) in [6, 6.07) is 0.981. The molecule has 0 aliphatic carbocycles. The van der Waals surface area contributed by atoms with Crippen molar-refractivity contribution in [3.8, 4) is 0 Å². The predicted octanol–water partition coefficient (Wildman–Crippen LogP) is 1.56. The van der Waals surface area contributed by atoms with Crippen LogP contribution in [0.1, 0.15) is 55.1 Å². The number of ether oxygens (including phenoxy) is 1. The number of hydrogen-bond acceptors (Lipinski definition) is 5. The van der Waals surface area contributed by atoms with Crippen molar-refractivity contribution < 1.29 is 9.53 Å². The molecule has 2 aliphatic rings. The Hall–Kier alpha value is -1.43. The number of carbonyl (C=O) groups is 1. The first-order valence-corrected chi connectivity index (χ1v) is 7.53. The minimum absolute atomic E-state index is 0.323. The Labute approximate surface area is 119 Å². The van der Waals surface area contributed by atoms with Crippen molar-refractivity contribution in [3.05, 3.63) is 11.6 Å². The summed E-state index contributed by atoms with van der Waals surface area (Å²) in [6.07, 6.45) is 4.71. The largest absolute Gasteiger partial charge is 0.460 e. The second-order valence-corrected chi connectivity index (χ2v) is 5.67. The van der Waals surface area contributed by atoms with Gasteiger partial charge in [0.2, 0.25) is 5.82 Å². The molecule has 2 aliphatic heterocycles. The van der Waals surface area contributed by atoms with E-state index in [4.69, 9.17) is 4.74 Å². The topological polar surface area (TPSA) is 60.2 Å². The summed E-state index contributed by atoms with van der Waals surface area (Å²) in [5.41, 5.74) is 0. The fourth-order valence-electron chi connectivity index (χ4n) is 3.58. The summed E-state index contributed by atoms with van der Waals surface area (Å²) in [6.45, 7) is 6.42. The zero-order valence-corrected chi connectivity index (χ0v) is 12.2. The molecule has 1 aromatic rings. The lowest BCUT2D eigenvalue weighted by Crippen LogP contribution is -2.39. The average molecular weight is 278 g/mol. The van der Waals surface area contributed by atoms with Crippen LogP contribution in [0.15, 0.2) is 0 Å². The average Bonchev–Trinajstić information content (AvgIpc) is 3.04. The minimum atomic E-state index is -0.359. The summed E-state index contributed by atoms with van der Waals surface area (Å²) < 4.78 is 7.08. The van der Waals surface area contributed by atoms with Crippen LogP contribution in [0, 0.1) is 6.92 Å². The molecule has 0 spiro atoms. The smallest absolute Gasteiger partial charge is 0.376 e. The van der Waals surface area contributed by atoms with Gasteiger partial charge in [0.1, 0.15) is 5.82 Å². The molecule has 6 heteroatoms. The fourth-order valence-corrected chi connectivity index (χ4v) is 3.58. The highest BCUT2D eigenvalue weighted by Crippen LogP contribution is 2.34. The van der Waals surface area contributed by atoms with E-state index in [1.807, 2.05) is 18.4 Å². The van der Waals surface area contributed by atoms with Gasteiger partial charge in [0, 0.05) is 18.6 Å². The van der Waals surface area contributed by atoms with E-state index in [2.05, 4.69) is 15.1 Å². The maximum Gasteiger partial charge on any atom is 0.376 e. The van der Waals surface area contributed by atoms with Gasteiger partial charge >= 0.3 is 5.97 Å². The van der Waals surface area contributed by atoms with Gasteiger partial charge in [-0.3, -0.25) is 0 Å². The monoisotopic (exact) mass is 278 g/mol. The van der Waals surface area contributed by atoms with Crippen molar-refractivity contribution in [2.75, 3.05) is 19.7 Å². The molecule has 6 nitrogen and oxygen atoms in total. The molecule has 2 atom stereocenters. The molecule has 0 aromatic carbocycles. The van der Waals surface area contributed by atoms with Gasteiger partial charge < -0.3 is 14.2 Å². The highest BCUT2D eigenvalue weighted by Gasteiger charge is 2.34. The first kappa shape index (κ1) is 13.5. The van der Waals surface area contributed by atoms with Crippen LogP contribution >= 0.6 is 0 Å². The lowest BCUT2D eigenvalue weighted by molar-refractivity contribution is 0.0496. The van der Waals surface area contributed by atoms with E-state index in [1.165, 1.54) is 19.4 Å². The highest BCUT2D eigenvalue weighted by atomic mass is 16.5. The third-order valence-electron chi connectivity index (χ3n) is 4.48. The van der Waals surface area contributed by atoms with Crippen LogP contribution in [-0.4, -0.2) is 51.4 Å². The van der Waals surface area contributed by atoms with Crippen LogP contribution in [0.3, 0.4) is 0 Å². The predicted molar refractivity (Wildman–Crippen MR) is 73.6 cm³/mol. The number of piperidine rings is 1. The summed E-state index contributed by atoms with van der Waals surface area (Å²) in [7, 11) is 0. The first-order valence-electron chi connectivity index (χ1n) is 7.53. The second kappa shape index (κ2) is 5.52. The standard InChI is InChI=1S/C14H22N4O2/c1-3-20-14(19)13-16-15-10(2)18(13)12-6-8-17-7-4-5-11(17)9-12/h11-12H,3-9H2,1-2H3. The normalized spacial score (nSPS) is 26.5. The Morgan fingerprint density at radius 3 is 2.95 bits per heavy atom. The van der Waals surface area contributed by atoms with E-state index < -0.39 is 0 Å².